The van der Waals surface area contributed by atoms with E-state index in [1.54, 1.807) is 66.0 Å². The summed E-state index contributed by atoms with van der Waals surface area (Å²) in [6.07, 6.45) is 3.13. The molecule has 0 saturated carbocycles. The number of rotatable bonds is 9. The van der Waals surface area contributed by atoms with Gasteiger partial charge in [0.2, 0.25) is 17.7 Å². The van der Waals surface area contributed by atoms with Gasteiger partial charge in [-0.05, 0) is 60.0 Å². The van der Waals surface area contributed by atoms with Crippen molar-refractivity contribution in [3.05, 3.63) is 142 Å². The van der Waals surface area contributed by atoms with E-state index >= 15 is 0 Å². The number of nitrogens with zero attached hydrogens (tertiary/aromatic N) is 14. The van der Waals surface area contributed by atoms with Gasteiger partial charge in [0.15, 0.2) is 23.1 Å². The molecule has 426 valence electrons. The fraction of sp³-hybridized carbons (Fsp3) is 0.328. The first-order valence-electron chi connectivity index (χ1n) is 26.7. The number of halogens is 3. The molecule has 0 radical (unpaired) electrons. The smallest absolute Gasteiger partial charge is 0.338 e. The highest BCUT2D eigenvalue weighted by atomic mass is 32.1. The summed E-state index contributed by atoms with van der Waals surface area (Å²) in [7, 11) is 9.17. The van der Waals surface area contributed by atoms with E-state index in [1.165, 1.54) is 24.6 Å². The quantitative estimate of drug-likeness (QED) is 0.124. The molecule has 0 fully saturated rings. The van der Waals surface area contributed by atoms with Gasteiger partial charge in [-0.1, -0.05) is 36.4 Å². The average Bonchev–Trinajstić information content (AvgIpc) is 4.53. The van der Waals surface area contributed by atoms with Gasteiger partial charge in [-0.2, -0.15) is 38.7 Å². The van der Waals surface area contributed by atoms with Crippen LogP contribution in [0.1, 0.15) is 65.9 Å². The molecule has 0 bridgehead atoms. The molecule has 20 nitrogen and oxygen atoms in total. The zero-order valence-corrected chi connectivity index (χ0v) is 47.9. The number of thiazole rings is 1. The number of carbonyl (C=O) groups excluding carboxylic acids is 3. The van der Waals surface area contributed by atoms with E-state index in [1.807, 2.05) is 89.0 Å². The monoisotopic (exact) mass is 1140 g/mol. The van der Waals surface area contributed by atoms with Crippen LogP contribution in [0.5, 0.6) is 0 Å². The van der Waals surface area contributed by atoms with Gasteiger partial charge in [-0.25, -0.2) is 0 Å². The highest BCUT2D eigenvalue weighted by Crippen LogP contribution is 2.38. The lowest BCUT2D eigenvalue weighted by molar-refractivity contribution is -0.141. The van der Waals surface area contributed by atoms with Crippen molar-refractivity contribution in [2.75, 3.05) is 35.6 Å². The maximum atomic E-state index is 13.2. The van der Waals surface area contributed by atoms with Crippen LogP contribution in [-0.4, -0.2) is 106 Å². The number of nitrogens with one attached hydrogen (secondary N) is 3. The number of alkyl halides is 3. The maximum Gasteiger partial charge on any atom is 0.435 e. The van der Waals surface area contributed by atoms with Crippen molar-refractivity contribution < 1.29 is 27.6 Å². The number of aromatic nitrogens is 11. The van der Waals surface area contributed by atoms with Crippen molar-refractivity contribution in [3.63, 3.8) is 0 Å². The van der Waals surface area contributed by atoms with Crippen LogP contribution < -0.4 is 16.0 Å². The molecular formula is C58H64F3N17O3S. The van der Waals surface area contributed by atoms with E-state index in [0.29, 0.717) is 43.2 Å². The third kappa shape index (κ3) is 12.2. The van der Waals surface area contributed by atoms with E-state index in [0.717, 1.165) is 110 Å². The van der Waals surface area contributed by atoms with Crippen molar-refractivity contribution in [2.24, 2.45) is 35.2 Å². The van der Waals surface area contributed by atoms with Crippen LogP contribution in [0.2, 0.25) is 0 Å². The molecule has 3 aromatic carbocycles. The molecule has 9 aromatic rings. The summed E-state index contributed by atoms with van der Waals surface area (Å²) < 4.78 is 48.3. The second-order valence-corrected chi connectivity index (χ2v) is 21.5. The largest absolute Gasteiger partial charge is 0.435 e. The van der Waals surface area contributed by atoms with E-state index < -0.39 is 11.9 Å². The Kier molecular flexibility index (Phi) is 15.9. The third-order valence-corrected chi connectivity index (χ3v) is 15.8. The van der Waals surface area contributed by atoms with Crippen molar-refractivity contribution in [1.29, 1.82) is 0 Å². The van der Waals surface area contributed by atoms with Gasteiger partial charge < -0.3 is 30.7 Å². The Bertz CT molecular complexity index is 3780. The number of hydrogen-bond donors (Lipinski definition) is 3. The molecule has 0 aliphatic carbocycles. The predicted octanol–water partition coefficient (Wildman–Crippen LogP) is 9.46. The van der Waals surface area contributed by atoms with Gasteiger partial charge in [0.1, 0.15) is 0 Å². The minimum Gasteiger partial charge on any atom is -0.338 e. The highest BCUT2D eigenvalue weighted by Gasteiger charge is 2.37. The molecule has 3 N–H and O–H groups in total. The van der Waals surface area contributed by atoms with Crippen LogP contribution in [0, 0.1) is 6.92 Å². The minimum absolute atomic E-state index is 0.0109. The molecule has 0 unspecified atom stereocenters. The van der Waals surface area contributed by atoms with E-state index in [9.17, 15) is 27.6 Å². The van der Waals surface area contributed by atoms with Crippen molar-refractivity contribution in [2.45, 2.75) is 72.8 Å². The van der Waals surface area contributed by atoms with E-state index in [4.69, 9.17) is 0 Å². The fourth-order valence-corrected chi connectivity index (χ4v) is 11.3. The molecule has 0 saturated heterocycles. The Labute approximate surface area is 476 Å². The summed E-state index contributed by atoms with van der Waals surface area (Å²) in [6, 6.07) is 23.2. The summed E-state index contributed by atoms with van der Waals surface area (Å²) in [5.74, 6) is 2.51. The zero-order chi connectivity index (χ0) is 58.1. The molecule has 0 atom stereocenters. The molecular weight excluding hydrogens is 1070 g/mol. The van der Waals surface area contributed by atoms with E-state index in [2.05, 4.69) is 82.8 Å². The third-order valence-electron chi connectivity index (χ3n) is 15.0. The number of hydrogen-bond acceptors (Lipinski definition) is 13. The van der Waals surface area contributed by atoms with Gasteiger partial charge in [-0.15, -0.1) is 11.3 Å². The van der Waals surface area contributed by atoms with Crippen LogP contribution in [0.25, 0.3) is 32.7 Å². The molecule has 0 spiro atoms. The van der Waals surface area contributed by atoms with E-state index in [-0.39, 0.29) is 23.3 Å². The molecule has 3 aliphatic heterocycles. The normalized spacial score (nSPS) is 13.7. The second kappa shape index (κ2) is 23.2. The predicted molar refractivity (Wildman–Crippen MR) is 308 cm³/mol. The Hall–Kier alpha value is -9.06. The lowest BCUT2D eigenvalue weighted by Crippen LogP contribution is -2.34. The summed E-state index contributed by atoms with van der Waals surface area (Å²) >= 11 is 1.63. The van der Waals surface area contributed by atoms with Crippen LogP contribution >= 0.6 is 11.3 Å². The number of carbonyl (C=O) groups is 3. The zero-order valence-electron chi connectivity index (χ0n) is 47.1. The maximum absolute atomic E-state index is 13.2. The minimum atomic E-state index is -4.52. The van der Waals surface area contributed by atoms with Gasteiger partial charge in [-0.3, -0.25) is 42.8 Å². The molecule has 24 heteroatoms. The highest BCUT2D eigenvalue weighted by molar-refractivity contribution is 7.13. The second-order valence-electron chi connectivity index (χ2n) is 20.6. The van der Waals surface area contributed by atoms with Gasteiger partial charge in [0, 0.05) is 175 Å². The Morgan fingerprint density at radius 3 is 1.22 bits per heavy atom. The van der Waals surface area contributed by atoms with Crippen LogP contribution in [0.4, 0.5) is 47.7 Å². The first kappa shape index (κ1) is 56.2. The number of amides is 3. The average molecular weight is 1140 g/mol. The SMILES string of the molecule is CC(=O)N1CCc2c(c(Nc3ccc(-c4cn(C)nc4C(F)(F)F)cc3)nn2C)C1.CC(=O)N1CCc2c(c(Nc3ccc(-c4cn(C)nc4C)cc3)nn2C)C1.CC(=O)N1CCc2c(c(Nc3ccc(-c4cncs4)cc3)nn2C)C1. The van der Waals surface area contributed by atoms with Crippen LogP contribution in [0.3, 0.4) is 0 Å². The van der Waals surface area contributed by atoms with Gasteiger partial charge >= 0.3 is 6.18 Å². The number of benzene rings is 3. The number of aryl methyl sites for hydroxylation is 6. The lowest BCUT2D eigenvalue weighted by atomic mass is 10.1. The van der Waals surface area contributed by atoms with Gasteiger partial charge in [0.25, 0.3) is 0 Å². The summed E-state index contributed by atoms with van der Waals surface area (Å²) in [5.41, 5.74) is 15.1. The fourth-order valence-electron chi connectivity index (χ4n) is 10.6. The summed E-state index contributed by atoms with van der Waals surface area (Å²) in [6.45, 7) is 10.6. The summed E-state index contributed by atoms with van der Waals surface area (Å²) in [4.78, 5) is 46.0. The number of anilines is 6. The summed E-state index contributed by atoms with van der Waals surface area (Å²) in [5, 5.41) is 31.8. The van der Waals surface area contributed by atoms with Crippen molar-refractivity contribution >= 4 is 63.6 Å². The van der Waals surface area contributed by atoms with Crippen molar-refractivity contribution in [1.82, 2.24) is 68.6 Å². The van der Waals surface area contributed by atoms with Crippen LogP contribution in [0.15, 0.2) is 96.9 Å². The molecule has 3 amide bonds. The number of fused-ring (bicyclic) bond motifs is 3. The molecule has 12 rings (SSSR count). The Morgan fingerprint density at radius 2 is 0.878 bits per heavy atom. The standard InChI is InChI=1S/C20H21F3N6O.C20H24N6O.C18H19N5OS/c1-12(30)29-9-8-17-16(11-29)19(26-28(17)3)24-14-6-4-13(5-7-14)15-10-27(2)25-18(15)20(21,22)23;1-13-17(11-24(3)22-13)15-5-7-16(8-6-15)21-20-18-12-26(14(2)27)10-9-19(18)25(4)23-20;1-12(24)23-8-7-16-15(10-23)18(21-22(16)2)20-14-5-3-13(4-6-14)17-9-19-11-25-17/h4-7,10H,8-9,11H2,1-3H3,(H,24,26);5-8,11H,9-10,12H2,1-4H3,(H,21,23);3-6,9,11H,7-8,10H2,1-2H3,(H,20,21). The Morgan fingerprint density at radius 1 is 0.512 bits per heavy atom. The molecule has 6 aromatic heterocycles. The molecule has 9 heterocycles. The topological polar surface area (TPSA) is 199 Å². The van der Waals surface area contributed by atoms with Crippen LogP contribution in [-0.2, 0) is 94.7 Å². The molecule has 82 heavy (non-hydrogen) atoms. The lowest BCUT2D eigenvalue weighted by Gasteiger charge is -2.26. The van der Waals surface area contributed by atoms with Crippen molar-refractivity contribution in [3.8, 4) is 32.7 Å². The Balaban J connectivity index is 0.000000138. The first-order valence-corrected chi connectivity index (χ1v) is 27.6. The first-order chi connectivity index (χ1) is 39.2. The molecule has 3 aliphatic rings. The van der Waals surface area contributed by atoms with Gasteiger partial charge in [0.05, 0.1) is 35.7 Å².